The number of benzene rings is 1. The van der Waals surface area contributed by atoms with Crippen LogP contribution in [0.5, 0.6) is 0 Å². The van der Waals surface area contributed by atoms with Gasteiger partial charge < -0.3 is 4.90 Å². The van der Waals surface area contributed by atoms with E-state index in [-0.39, 0.29) is 10.2 Å². The molecule has 0 amide bonds. The van der Waals surface area contributed by atoms with Crippen LogP contribution in [-0.2, 0) is 4.79 Å². The third-order valence-corrected chi connectivity index (χ3v) is 7.05. The molecule has 0 saturated heterocycles. The van der Waals surface area contributed by atoms with E-state index in [9.17, 15) is 9.59 Å². The van der Waals surface area contributed by atoms with Crippen LogP contribution >= 0.6 is 23.1 Å². The Hall–Kier alpha value is -1.33. The van der Waals surface area contributed by atoms with Gasteiger partial charge in [0.1, 0.15) is 0 Å². The third-order valence-electron chi connectivity index (χ3n) is 4.85. The Morgan fingerprint density at radius 2 is 1.92 bits per heavy atom. The number of carbonyl (C=O) groups excluding carboxylic acids is 1. The predicted octanol–water partition coefficient (Wildman–Crippen LogP) is 5.56. The van der Waals surface area contributed by atoms with Gasteiger partial charge in [-0.3, -0.25) is 9.59 Å². The average molecular weight is 392 g/mol. The van der Waals surface area contributed by atoms with Crippen molar-refractivity contribution in [2.24, 2.45) is 5.41 Å². The van der Waals surface area contributed by atoms with Gasteiger partial charge in [0, 0.05) is 46.6 Å². The molecule has 1 heterocycles. The second-order valence-corrected chi connectivity index (χ2v) is 9.42. The molecular weight excluding hydrogens is 362 g/mol. The number of hydrogen-bond acceptors (Lipinski definition) is 5. The van der Waals surface area contributed by atoms with Gasteiger partial charge in [0.25, 0.3) is 0 Å². The first-order valence-corrected chi connectivity index (χ1v) is 11.1. The molecule has 3 nitrogen and oxygen atoms in total. The molecule has 0 spiro atoms. The summed E-state index contributed by atoms with van der Waals surface area (Å²) in [4.78, 5) is 26.2. The van der Waals surface area contributed by atoms with Gasteiger partial charge >= 0.3 is 0 Å². The standard InChI is InChI=1S/C21H29NO2S2/c1-5-21(2,3)20(24)25-14-10-6-9-13-22(4)17-15-19(23)26-18-12-8-7-11-16(17)18/h7-8,11-12,15H,5-6,9-10,13-14H2,1-4H3. The van der Waals surface area contributed by atoms with E-state index in [2.05, 4.69) is 17.9 Å². The molecule has 26 heavy (non-hydrogen) atoms. The molecule has 1 aromatic carbocycles. The molecule has 0 atom stereocenters. The number of thioether (sulfide) groups is 1. The van der Waals surface area contributed by atoms with Crippen LogP contribution in [0.2, 0.25) is 0 Å². The Morgan fingerprint density at radius 1 is 1.19 bits per heavy atom. The molecule has 2 aromatic rings. The molecule has 5 heteroatoms. The van der Waals surface area contributed by atoms with Crippen molar-refractivity contribution in [2.45, 2.75) is 46.5 Å². The van der Waals surface area contributed by atoms with Crippen LogP contribution in [0.25, 0.3) is 10.1 Å². The first-order chi connectivity index (χ1) is 12.3. The van der Waals surface area contributed by atoms with Crippen molar-refractivity contribution in [2.75, 3.05) is 24.2 Å². The highest BCUT2D eigenvalue weighted by Crippen LogP contribution is 2.28. The van der Waals surface area contributed by atoms with Crippen LogP contribution < -0.4 is 9.64 Å². The number of fused-ring (bicyclic) bond motifs is 1. The molecule has 142 valence electrons. The maximum Gasteiger partial charge on any atom is 0.234 e. The van der Waals surface area contributed by atoms with Gasteiger partial charge in [0.2, 0.25) is 4.74 Å². The van der Waals surface area contributed by atoms with Gasteiger partial charge in [-0.05, 0) is 25.3 Å². The normalized spacial score (nSPS) is 11.7. The van der Waals surface area contributed by atoms with Crippen molar-refractivity contribution in [1.29, 1.82) is 0 Å². The van der Waals surface area contributed by atoms with Crippen molar-refractivity contribution in [1.82, 2.24) is 0 Å². The number of carbonyl (C=O) groups is 1. The summed E-state index contributed by atoms with van der Waals surface area (Å²) < 4.78 is 1.13. The lowest BCUT2D eigenvalue weighted by Gasteiger charge is -2.21. The Balaban J connectivity index is 1.81. The van der Waals surface area contributed by atoms with Gasteiger partial charge in [0.15, 0.2) is 5.12 Å². The number of rotatable bonds is 9. The van der Waals surface area contributed by atoms with Crippen LogP contribution in [0.4, 0.5) is 5.69 Å². The molecular formula is C21H29NO2S2. The van der Waals surface area contributed by atoms with Gasteiger partial charge in [-0.1, -0.05) is 68.5 Å². The van der Waals surface area contributed by atoms with E-state index < -0.39 is 0 Å². The molecule has 0 saturated carbocycles. The topological polar surface area (TPSA) is 37.4 Å². The average Bonchev–Trinajstić information content (AvgIpc) is 2.63. The number of unbranched alkanes of at least 4 members (excludes halogenated alkanes) is 2. The van der Waals surface area contributed by atoms with Crippen molar-refractivity contribution in [3.05, 3.63) is 39.9 Å². The summed E-state index contributed by atoms with van der Waals surface area (Å²) in [5.41, 5.74) is 0.801. The van der Waals surface area contributed by atoms with Crippen LogP contribution in [0.1, 0.15) is 46.5 Å². The van der Waals surface area contributed by atoms with Crippen LogP contribution in [0.3, 0.4) is 0 Å². The zero-order valence-electron chi connectivity index (χ0n) is 16.2. The second-order valence-electron chi connectivity index (χ2n) is 7.30. The minimum absolute atomic E-state index is 0.0963. The molecule has 0 fully saturated rings. The summed E-state index contributed by atoms with van der Waals surface area (Å²) in [5.74, 6) is 0.895. The summed E-state index contributed by atoms with van der Waals surface area (Å²) in [6.07, 6.45) is 4.09. The molecule has 0 aliphatic rings. The minimum atomic E-state index is -0.212. The Morgan fingerprint density at radius 3 is 2.65 bits per heavy atom. The fourth-order valence-corrected chi connectivity index (χ4v) is 4.55. The van der Waals surface area contributed by atoms with Crippen molar-refractivity contribution >= 4 is 44.0 Å². The van der Waals surface area contributed by atoms with Crippen molar-refractivity contribution < 1.29 is 4.79 Å². The highest BCUT2D eigenvalue weighted by Gasteiger charge is 2.24. The van der Waals surface area contributed by atoms with E-state index >= 15 is 0 Å². The smallest absolute Gasteiger partial charge is 0.234 e. The Labute approximate surface area is 164 Å². The van der Waals surface area contributed by atoms with Crippen LogP contribution in [0.15, 0.2) is 35.1 Å². The van der Waals surface area contributed by atoms with Crippen molar-refractivity contribution in [3.8, 4) is 0 Å². The summed E-state index contributed by atoms with van der Waals surface area (Å²) in [5, 5.41) is 1.44. The summed E-state index contributed by atoms with van der Waals surface area (Å²) in [7, 11) is 2.05. The predicted molar refractivity (Wildman–Crippen MR) is 117 cm³/mol. The molecule has 0 N–H and O–H groups in total. The highest BCUT2D eigenvalue weighted by molar-refractivity contribution is 8.13. The molecule has 0 unspecified atom stereocenters. The molecule has 0 aliphatic carbocycles. The number of nitrogens with zero attached hydrogens (tertiary/aromatic N) is 1. The maximum absolute atomic E-state index is 12.1. The minimum Gasteiger partial charge on any atom is -0.374 e. The zero-order valence-corrected chi connectivity index (χ0v) is 17.8. The number of hydrogen-bond donors (Lipinski definition) is 0. The lowest BCUT2D eigenvalue weighted by Crippen LogP contribution is -2.20. The monoisotopic (exact) mass is 391 g/mol. The molecule has 1 aromatic heterocycles. The Kier molecular flexibility index (Phi) is 7.71. The zero-order chi connectivity index (χ0) is 19.2. The van der Waals surface area contributed by atoms with Gasteiger partial charge in [-0.15, -0.1) is 0 Å². The first-order valence-electron chi connectivity index (χ1n) is 9.26. The second kappa shape index (κ2) is 9.56. The van der Waals surface area contributed by atoms with Gasteiger partial charge in [-0.25, -0.2) is 0 Å². The molecule has 0 bridgehead atoms. The summed E-state index contributed by atoms with van der Waals surface area (Å²) >= 11 is 2.77. The SMILES string of the molecule is CCC(C)(C)C(=O)SCCCCCN(C)c1cc(=O)sc2ccccc12. The highest BCUT2D eigenvalue weighted by atomic mass is 32.2. The lowest BCUT2D eigenvalue weighted by atomic mass is 9.92. The van der Waals surface area contributed by atoms with E-state index in [4.69, 9.17) is 0 Å². The van der Waals surface area contributed by atoms with E-state index in [1.165, 1.54) is 23.1 Å². The van der Waals surface area contributed by atoms with Crippen LogP contribution in [-0.4, -0.2) is 24.5 Å². The van der Waals surface area contributed by atoms with Crippen LogP contribution in [0, 0.1) is 5.41 Å². The fourth-order valence-electron chi connectivity index (χ4n) is 2.66. The van der Waals surface area contributed by atoms with Crippen molar-refractivity contribution in [3.63, 3.8) is 0 Å². The summed E-state index contributed by atoms with van der Waals surface area (Å²) in [6.45, 7) is 7.02. The molecule has 0 aliphatic heterocycles. The summed E-state index contributed by atoms with van der Waals surface area (Å²) in [6, 6.07) is 9.82. The maximum atomic E-state index is 12.1. The Bertz CT molecular complexity index is 798. The van der Waals surface area contributed by atoms with E-state index in [1.54, 1.807) is 6.07 Å². The third kappa shape index (κ3) is 5.58. The fraction of sp³-hybridized carbons (Fsp3) is 0.524. The number of anilines is 1. The van der Waals surface area contributed by atoms with E-state index in [0.29, 0.717) is 5.12 Å². The largest absolute Gasteiger partial charge is 0.374 e. The van der Waals surface area contributed by atoms with Gasteiger partial charge in [0.05, 0.1) is 0 Å². The van der Waals surface area contributed by atoms with Gasteiger partial charge in [-0.2, -0.15) is 0 Å². The van der Waals surface area contributed by atoms with E-state index in [1.807, 2.05) is 39.1 Å². The first kappa shape index (κ1) is 21.0. The molecule has 2 rings (SSSR count). The quantitative estimate of drug-likeness (QED) is 0.524. The lowest BCUT2D eigenvalue weighted by molar-refractivity contribution is -0.118. The van der Waals surface area contributed by atoms with E-state index in [0.717, 1.165) is 53.8 Å². The molecule has 0 radical (unpaired) electrons.